The molecule has 20 heavy (non-hydrogen) atoms. The second-order valence-electron chi connectivity index (χ2n) is 5.01. The largest absolute Gasteiger partial charge is 0.486 e. The van der Waals surface area contributed by atoms with Crippen LogP contribution in [-0.4, -0.2) is 32.2 Å². The molecule has 1 fully saturated rings. The number of anilines is 1. The van der Waals surface area contributed by atoms with Crippen LogP contribution in [0.1, 0.15) is 12.8 Å². The van der Waals surface area contributed by atoms with E-state index in [2.05, 4.69) is 26.6 Å². The number of rotatable bonds is 2. The molecule has 6 heteroatoms. The van der Waals surface area contributed by atoms with E-state index in [1.807, 2.05) is 12.1 Å². The summed E-state index contributed by atoms with van der Waals surface area (Å²) in [5, 5.41) is 6.22. The van der Waals surface area contributed by atoms with Crippen LogP contribution in [0.4, 0.5) is 5.69 Å². The van der Waals surface area contributed by atoms with Crippen LogP contribution in [0.25, 0.3) is 0 Å². The summed E-state index contributed by atoms with van der Waals surface area (Å²) in [6, 6.07) is 3.65. The van der Waals surface area contributed by atoms with Crippen LogP contribution in [0, 0.1) is 5.92 Å². The Morgan fingerprint density at radius 3 is 2.75 bits per heavy atom. The zero-order valence-electron chi connectivity index (χ0n) is 11.1. The van der Waals surface area contributed by atoms with Gasteiger partial charge in [0.05, 0.1) is 11.6 Å². The molecular weight excluding hydrogens is 324 g/mol. The molecule has 0 unspecified atom stereocenters. The molecule has 1 aromatic rings. The van der Waals surface area contributed by atoms with Gasteiger partial charge < -0.3 is 20.1 Å². The monoisotopic (exact) mass is 340 g/mol. The van der Waals surface area contributed by atoms with Gasteiger partial charge in [-0.05, 0) is 35.3 Å². The molecular formula is C14H17BrN2O3. The third-order valence-electron chi connectivity index (χ3n) is 3.56. The van der Waals surface area contributed by atoms with Crippen LogP contribution < -0.4 is 20.1 Å². The number of halogens is 1. The number of hydrogen-bond acceptors (Lipinski definition) is 4. The van der Waals surface area contributed by atoms with E-state index in [9.17, 15) is 4.79 Å². The van der Waals surface area contributed by atoms with Gasteiger partial charge in [-0.1, -0.05) is 0 Å². The molecule has 0 bridgehead atoms. The van der Waals surface area contributed by atoms with E-state index in [1.165, 1.54) is 0 Å². The molecule has 2 heterocycles. The van der Waals surface area contributed by atoms with E-state index in [0.717, 1.165) is 36.1 Å². The minimum absolute atomic E-state index is 0.0313. The van der Waals surface area contributed by atoms with Crippen molar-refractivity contribution in [2.45, 2.75) is 12.8 Å². The fourth-order valence-corrected chi connectivity index (χ4v) is 2.89. The molecule has 1 saturated heterocycles. The Kier molecular flexibility index (Phi) is 4.12. The van der Waals surface area contributed by atoms with Crippen molar-refractivity contribution in [2.75, 3.05) is 31.6 Å². The molecule has 5 nitrogen and oxygen atoms in total. The molecule has 3 rings (SSSR count). The van der Waals surface area contributed by atoms with Crippen molar-refractivity contribution in [3.63, 3.8) is 0 Å². The molecule has 2 N–H and O–H groups in total. The second kappa shape index (κ2) is 6.01. The highest BCUT2D eigenvalue weighted by Crippen LogP contribution is 2.38. The first-order valence-electron chi connectivity index (χ1n) is 6.85. The number of benzene rings is 1. The lowest BCUT2D eigenvalue weighted by Gasteiger charge is -2.23. The first-order chi connectivity index (χ1) is 9.74. The van der Waals surface area contributed by atoms with E-state index in [1.54, 1.807) is 0 Å². The van der Waals surface area contributed by atoms with Gasteiger partial charge in [0.15, 0.2) is 11.5 Å². The fourth-order valence-electron chi connectivity index (χ4n) is 2.47. The topological polar surface area (TPSA) is 59.6 Å². The Balaban J connectivity index is 1.74. The smallest absolute Gasteiger partial charge is 0.228 e. The maximum Gasteiger partial charge on any atom is 0.228 e. The van der Waals surface area contributed by atoms with Gasteiger partial charge in [0.25, 0.3) is 0 Å². The molecule has 0 saturated carbocycles. The van der Waals surface area contributed by atoms with Gasteiger partial charge in [-0.3, -0.25) is 4.79 Å². The van der Waals surface area contributed by atoms with Gasteiger partial charge in [-0.25, -0.2) is 0 Å². The minimum atomic E-state index is 0.0313. The van der Waals surface area contributed by atoms with E-state index >= 15 is 0 Å². The summed E-state index contributed by atoms with van der Waals surface area (Å²) >= 11 is 3.46. The first-order valence-corrected chi connectivity index (χ1v) is 7.64. The summed E-state index contributed by atoms with van der Waals surface area (Å²) in [7, 11) is 0. The average molecular weight is 341 g/mol. The molecule has 108 valence electrons. The van der Waals surface area contributed by atoms with E-state index in [0.29, 0.717) is 24.7 Å². The molecule has 1 aromatic carbocycles. The van der Waals surface area contributed by atoms with Gasteiger partial charge in [0.1, 0.15) is 13.2 Å². The maximum absolute atomic E-state index is 12.2. The summed E-state index contributed by atoms with van der Waals surface area (Å²) in [6.45, 7) is 2.83. The number of fused-ring (bicyclic) bond motifs is 1. The predicted molar refractivity (Wildman–Crippen MR) is 79.4 cm³/mol. The van der Waals surface area contributed by atoms with Crippen molar-refractivity contribution in [3.8, 4) is 11.5 Å². The van der Waals surface area contributed by atoms with Crippen molar-refractivity contribution in [3.05, 3.63) is 16.6 Å². The standard InChI is InChI=1S/C14H17BrN2O3/c15-10-6-12-13(20-5-4-19-12)7-11(10)17-14(18)9-2-1-3-16-8-9/h6-7,9,16H,1-5,8H2,(H,17,18)/t9-/m0/s1. The second-order valence-corrected chi connectivity index (χ2v) is 5.86. The van der Waals surface area contributed by atoms with Crippen molar-refractivity contribution < 1.29 is 14.3 Å². The summed E-state index contributed by atoms with van der Waals surface area (Å²) in [6.07, 6.45) is 1.97. The molecule has 0 spiro atoms. The van der Waals surface area contributed by atoms with Crippen LogP contribution in [0.2, 0.25) is 0 Å². The minimum Gasteiger partial charge on any atom is -0.486 e. The van der Waals surface area contributed by atoms with Gasteiger partial charge in [-0.2, -0.15) is 0 Å². The van der Waals surface area contributed by atoms with E-state index in [4.69, 9.17) is 9.47 Å². The van der Waals surface area contributed by atoms with Gasteiger partial charge in [0.2, 0.25) is 5.91 Å². The first kappa shape index (κ1) is 13.7. The molecule has 2 aliphatic rings. The van der Waals surface area contributed by atoms with Crippen molar-refractivity contribution in [1.29, 1.82) is 0 Å². The predicted octanol–water partition coefficient (Wildman–Crippen LogP) is 2.16. The Bertz CT molecular complexity index is 515. The molecule has 0 radical (unpaired) electrons. The van der Waals surface area contributed by atoms with Crippen LogP contribution in [0.15, 0.2) is 16.6 Å². The fraction of sp³-hybridized carbons (Fsp3) is 0.500. The zero-order chi connectivity index (χ0) is 13.9. The number of amides is 1. The van der Waals surface area contributed by atoms with E-state index < -0.39 is 0 Å². The third kappa shape index (κ3) is 2.91. The number of carbonyl (C=O) groups is 1. The summed E-state index contributed by atoms with van der Waals surface area (Å²) in [4.78, 5) is 12.2. The number of nitrogens with one attached hydrogen (secondary N) is 2. The van der Waals surface area contributed by atoms with Crippen LogP contribution in [0.5, 0.6) is 11.5 Å². The number of ether oxygens (including phenoxy) is 2. The van der Waals surface area contributed by atoms with Crippen LogP contribution in [0.3, 0.4) is 0 Å². The summed E-state index contributed by atoms with van der Waals surface area (Å²) in [5.74, 6) is 1.47. The zero-order valence-corrected chi connectivity index (χ0v) is 12.7. The van der Waals surface area contributed by atoms with Crippen LogP contribution in [-0.2, 0) is 4.79 Å². The van der Waals surface area contributed by atoms with Crippen molar-refractivity contribution >= 4 is 27.5 Å². The molecule has 0 aliphatic carbocycles. The van der Waals surface area contributed by atoms with Crippen molar-refractivity contribution in [2.24, 2.45) is 5.92 Å². The van der Waals surface area contributed by atoms with Gasteiger partial charge in [-0.15, -0.1) is 0 Å². The highest BCUT2D eigenvalue weighted by Gasteiger charge is 2.22. The van der Waals surface area contributed by atoms with Crippen LogP contribution >= 0.6 is 15.9 Å². The number of carbonyl (C=O) groups excluding carboxylic acids is 1. The van der Waals surface area contributed by atoms with E-state index in [-0.39, 0.29) is 11.8 Å². The molecule has 1 atom stereocenters. The lowest BCUT2D eigenvalue weighted by atomic mass is 9.99. The van der Waals surface area contributed by atoms with Crippen molar-refractivity contribution in [1.82, 2.24) is 5.32 Å². The summed E-state index contributed by atoms with van der Waals surface area (Å²) in [5.41, 5.74) is 0.727. The Labute approximate surface area is 126 Å². The average Bonchev–Trinajstić information content (AvgIpc) is 2.49. The summed E-state index contributed by atoms with van der Waals surface area (Å²) < 4.78 is 11.8. The molecule has 0 aromatic heterocycles. The third-order valence-corrected chi connectivity index (χ3v) is 4.21. The Hall–Kier alpha value is -1.27. The normalized spacial score (nSPS) is 21.4. The maximum atomic E-state index is 12.2. The Morgan fingerprint density at radius 2 is 2.05 bits per heavy atom. The SMILES string of the molecule is O=C(Nc1cc2c(cc1Br)OCCO2)[C@H]1CCCNC1. The quantitative estimate of drug-likeness (QED) is 0.866. The lowest BCUT2D eigenvalue weighted by molar-refractivity contribution is -0.120. The van der Waals surface area contributed by atoms with Gasteiger partial charge >= 0.3 is 0 Å². The molecule has 2 aliphatic heterocycles. The molecule has 1 amide bonds. The lowest BCUT2D eigenvalue weighted by Crippen LogP contribution is -2.37. The highest BCUT2D eigenvalue weighted by atomic mass is 79.9. The number of hydrogen-bond donors (Lipinski definition) is 2. The Morgan fingerprint density at radius 1 is 1.30 bits per heavy atom. The number of piperidine rings is 1. The highest BCUT2D eigenvalue weighted by molar-refractivity contribution is 9.10. The van der Waals surface area contributed by atoms with Gasteiger partial charge in [0, 0.05) is 23.2 Å².